The van der Waals surface area contributed by atoms with Crippen LogP contribution in [0.15, 0.2) is 55.1 Å². The van der Waals surface area contributed by atoms with Crippen molar-refractivity contribution >= 4 is 0 Å². The van der Waals surface area contributed by atoms with E-state index < -0.39 is 0 Å². The summed E-state index contributed by atoms with van der Waals surface area (Å²) in [6.45, 7) is 16.3. The van der Waals surface area contributed by atoms with Crippen molar-refractivity contribution < 1.29 is 0 Å². The van der Waals surface area contributed by atoms with E-state index in [4.69, 9.17) is 0 Å². The predicted molar refractivity (Wildman–Crippen MR) is 114 cm³/mol. The summed E-state index contributed by atoms with van der Waals surface area (Å²) < 4.78 is 0. The summed E-state index contributed by atoms with van der Waals surface area (Å²) in [7, 11) is 0. The smallest absolute Gasteiger partial charge is 0.0307 e. The summed E-state index contributed by atoms with van der Waals surface area (Å²) >= 11 is 0. The van der Waals surface area contributed by atoms with E-state index in [2.05, 4.69) is 65.1 Å². The maximum atomic E-state index is 3.91. The van der Waals surface area contributed by atoms with Crippen LogP contribution in [0.25, 0.3) is 0 Å². The Balaban J connectivity index is 0. The second-order valence-corrected chi connectivity index (χ2v) is 6.18. The molecule has 1 aromatic rings. The molecule has 0 bridgehead atoms. The van der Waals surface area contributed by atoms with Crippen LogP contribution in [-0.2, 0) is 6.42 Å². The van der Waals surface area contributed by atoms with Gasteiger partial charge in [-0.1, -0.05) is 102 Å². The first-order chi connectivity index (χ1) is 11.7. The molecule has 0 radical (unpaired) electrons. The fourth-order valence-corrected chi connectivity index (χ4v) is 2.03. The number of benzene rings is 1. The van der Waals surface area contributed by atoms with Gasteiger partial charge < -0.3 is 0 Å². The van der Waals surface area contributed by atoms with Crippen molar-refractivity contribution in [2.45, 2.75) is 91.9 Å². The Kier molecular flexibility index (Phi) is 22.6. The minimum atomic E-state index is 1.14. The number of hydrogen-bond donors (Lipinski definition) is 0. The van der Waals surface area contributed by atoms with Crippen LogP contribution in [0.1, 0.15) is 91.0 Å². The summed E-state index contributed by atoms with van der Waals surface area (Å²) in [6, 6.07) is 10.5. The van der Waals surface area contributed by atoms with E-state index in [1.54, 1.807) is 0 Å². The molecule has 0 heterocycles. The van der Waals surface area contributed by atoms with E-state index in [-0.39, 0.29) is 0 Å². The van der Waals surface area contributed by atoms with Crippen LogP contribution in [0.3, 0.4) is 0 Å². The molecule has 0 atom stereocenters. The average molecular weight is 331 g/mol. The maximum Gasteiger partial charge on any atom is -0.0307 e. The molecule has 0 nitrogen and oxygen atoms in total. The van der Waals surface area contributed by atoms with Crippen molar-refractivity contribution in [2.24, 2.45) is 0 Å². The molecule has 0 heteroatoms. The van der Waals surface area contributed by atoms with Gasteiger partial charge in [0.15, 0.2) is 0 Å². The standard InChI is InChI=1S/C8H10.2C8H16/c1-2-8-6-4-3-5-7-8;1-4-6-7-8(3)5-2;1-3-5-7-8-6-4-2/h3-7H,2H2,1H3;3-7H2,1-2H3;3H,1,4-8H2,2H3. The third-order valence-corrected chi connectivity index (χ3v) is 3.90. The van der Waals surface area contributed by atoms with Gasteiger partial charge in [0.05, 0.1) is 0 Å². The van der Waals surface area contributed by atoms with Crippen molar-refractivity contribution in [3.8, 4) is 0 Å². The van der Waals surface area contributed by atoms with Gasteiger partial charge in [0, 0.05) is 0 Å². The van der Waals surface area contributed by atoms with Crippen molar-refractivity contribution in [1.29, 1.82) is 0 Å². The Morgan fingerprint density at radius 3 is 1.92 bits per heavy atom. The van der Waals surface area contributed by atoms with Crippen molar-refractivity contribution in [1.82, 2.24) is 0 Å². The largest absolute Gasteiger partial charge is 0.103 e. The first-order valence-electron chi connectivity index (χ1n) is 9.97. The second-order valence-electron chi connectivity index (χ2n) is 6.18. The van der Waals surface area contributed by atoms with Crippen LogP contribution in [0, 0.1) is 0 Å². The van der Waals surface area contributed by atoms with E-state index in [0.29, 0.717) is 0 Å². The quantitative estimate of drug-likeness (QED) is 0.298. The fraction of sp³-hybridized carbons (Fsp3) is 0.583. The molecule has 0 fully saturated rings. The molecule has 0 aliphatic carbocycles. The minimum absolute atomic E-state index is 1.14. The average Bonchev–Trinajstić information content (AvgIpc) is 2.65. The van der Waals surface area contributed by atoms with Gasteiger partial charge in [0.25, 0.3) is 0 Å². The number of allylic oxidation sites excluding steroid dienone is 2. The molecule has 0 saturated carbocycles. The highest BCUT2D eigenvalue weighted by molar-refractivity contribution is 5.13. The normalized spacial score (nSPS) is 9.17. The Morgan fingerprint density at radius 1 is 0.875 bits per heavy atom. The Hall–Kier alpha value is -1.30. The van der Waals surface area contributed by atoms with Crippen molar-refractivity contribution in [2.75, 3.05) is 0 Å². The van der Waals surface area contributed by atoms with E-state index >= 15 is 0 Å². The predicted octanol–water partition coefficient (Wildman–Crippen LogP) is 8.53. The number of hydrogen-bond acceptors (Lipinski definition) is 0. The van der Waals surface area contributed by atoms with Gasteiger partial charge in [-0.25, -0.2) is 0 Å². The topological polar surface area (TPSA) is 0 Å². The highest BCUT2D eigenvalue weighted by Crippen LogP contribution is 2.07. The van der Waals surface area contributed by atoms with Crippen molar-refractivity contribution in [3.63, 3.8) is 0 Å². The molecule has 0 unspecified atom stereocenters. The van der Waals surface area contributed by atoms with Crippen LogP contribution >= 0.6 is 0 Å². The molecule has 0 aromatic heterocycles. The van der Waals surface area contributed by atoms with Gasteiger partial charge in [-0.2, -0.15) is 0 Å². The maximum absolute atomic E-state index is 3.91. The molecule has 0 N–H and O–H groups in total. The zero-order valence-electron chi connectivity index (χ0n) is 16.9. The lowest BCUT2D eigenvalue weighted by molar-refractivity contribution is 0.675. The van der Waals surface area contributed by atoms with E-state index in [1.807, 2.05) is 12.1 Å². The van der Waals surface area contributed by atoms with E-state index in [0.717, 1.165) is 12.8 Å². The van der Waals surface area contributed by atoms with Gasteiger partial charge in [-0.15, -0.1) is 6.58 Å². The molecule has 0 saturated heterocycles. The minimum Gasteiger partial charge on any atom is -0.103 e. The Morgan fingerprint density at radius 2 is 1.50 bits per heavy atom. The van der Waals surface area contributed by atoms with Gasteiger partial charge in [0.2, 0.25) is 0 Å². The number of rotatable bonds is 10. The van der Waals surface area contributed by atoms with Gasteiger partial charge in [0.1, 0.15) is 0 Å². The van der Waals surface area contributed by atoms with Gasteiger partial charge in [-0.3, -0.25) is 0 Å². The zero-order valence-corrected chi connectivity index (χ0v) is 16.9. The van der Waals surface area contributed by atoms with E-state index in [1.165, 1.54) is 62.5 Å². The fourth-order valence-electron chi connectivity index (χ4n) is 2.03. The highest BCUT2D eigenvalue weighted by atomic mass is 13.9. The lowest BCUT2D eigenvalue weighted by Crippen LogP contribution is -1.76. The zero-order chi connectivity index (χ0) is 18.5. The van der Waals surface area contributed by atoms with Gasteiger partial charge in [-0.05, 0) is 44.1 Å². The summed E-state index contributed by atoms with van der Waals surface area (Å²) in [5.41, 5.74) is 2.80. The van der Waals surface area contributed by atoms with Crippen molar-refractivity contribution in [3.05, 3.63) is 60.7 Å². The van der Waals surface area contributed by atoms with Crippen LogP contribution < -0.4 is 0 Å². The first-order valence-corrected chi connectivity index (χ1v) is 9.97. The highest BCUT2D eigenvalue weighted by Gasteiger charge is 1.86. The van der Waals surface area contributed by atoms with E-state index in [9.17, 15) is 0 Å². The lowest BCUT2D eigenvalue weighted by Gasteiger charge is -1.97. The Labute approximate surface area is 153 Å². The number of unbranched alkanes of at least 4 members (excludes halogenated alkanes) is 5. The summed E-state index contributed by atoms with van der Waals surface area (Å²) in [5, 5.41) is 0. The monoisotopic (exact) mass is 330 g/mol. The summed E-state index contributed by atoms with van der Waals surface area (Å²) in [6.07, 6.45) is 14.7. The molecule has 138 valence electrons. The SMILES string of the molecule is C=C(CC)CCCC.C=CCCCCCC.CCc1ccccc1. The summed E-state index contributed by atoms with van der Waals surface area (Å²) in [5.74, 6) is 0. The molecular formula is C24H42. The summed E-state index contributed by atoms with van der Waals surface area (Å²) in [4.78, 5) is 0. The Bertz CT molecular complexity index is 361. The molecule has 0 aliphatic rings. The van der Waals surface area contributed by atoms with Crippen LogP contribution in [-0.4, -0.2) is 0 Å². The molecule has 0 amide bonds. The molecular weight excluding hydrogens is 288 g/mol. The lowest BCUT2D eigenvalue weighted by atomic mass is 10.1. The molecule has 1 rings (SSSR count). The van der Waals surface area contributed by atoms with Crippen LogP contribution in [0.5, 0.6) is 0 Å². The third kappa shape index (κ3) is 20.7. The van der Waals surface area contributed by atoms with Gasteiger partial charge >= 0.3 is 0 Å². The molecule has 0 spiro atoms. The van der Waals surface area contributed by atoms with Crippen LogP contribution in [0.2, 0.25) is 0 Å². The molecule has 24 heavy (non-hydrogen) atoms. The van der Waals surface area contributed by atoms with Crippen LogP contribution in [0.4, 0.5) is 0 Å². The molecule has 1 aromatic carbocycles. The second kappa shape index (κ2) is 21.7. The molecule has 0 aliphatic heterocycles. The first kappa shape index (κ1) is 24.9. The number of aryl methyl sites for hydroxylation is 1. The third-order valence-electron chi connectivity index (χ3n) is 3.90.